The molecule has 3 rings (SSSR count). The van der Waals surface area contributed by atoms with Crippen molar-refractivity contribution in [2.45, 2.75) is 38.6 Å². The molecule has 1 amide bonds. The van der Waals surface area contributed by atoms with Crippen LogP contribution < -0.4 is 10.1 Å². The second-order valence-corrected chi connectivity index (χ2v) is 8.11. The van der Waals surface area contributed by atoms with E-state index in [-0.39, 0.29) is 17.8 Å². The predicted molar refractivity (Wildman–Crippen MR) is 112 cm³/mol. The van der Waals surface area contributed by atoms with E-state index >= 15 is 0 Å². The number of ether oxygens (including phenoxy) is 1. The average molecular weight is 438 g/mol. The van der Waals surface area contributed by atoms with Gasteiger partial charge in [0.2, 0.25) is 5.91 Å². The van der Waals surface area contributed by atoms with Crippen LogP contribution in [0.25, 0.3) is 0 Å². The van der Waals surface area contributed by atoms with Crippen LogP contribution in [0, 0.1) is 6.92 Å². The Morgan fingerprint density at radius 3 is 2.86 bits per heavy atom. The van der Waals surface area contributed by atoms with Crippen molar-refractivity contribution in [1.29, 1.82) is 0 Å². The number of nitrogens with zero attached hydrogens (tertiary/aromatic N) is 4. The van der Waals surface area contributed by atoms with Gasteiger partial charge in [-0.3, -0.25) is 4.79 Å². The number of nitrogens with one attached hydrogen (secondary N) is 1. The van der Waals surface area contributed by atoms with Crippen molar-refractivity contribution in [2.24, 2.45) is 0 Å². The normalized spacial score (nSPS) is 12.0. The summed E-state index contributed by atoms with van der Waals surface area (Å²) in [5.41, 5.74) is 0.885. The molecule has 1 atom stereocenters. The summed E-state index contributed by atoms with van der Waals surface area (Å²) < 4.78 is 7.88. The number of rotatable bonds is 8. The predicted octanol–water partition coefficient (Wildman–Crippen LogP) is 4.59. The highest BCUT2D eigenvalue weighted by atomic mass is 35.5. The molecule has 7 nitrogen and oxygen atoms in total. The fourth-order valence-corrected chi connectivity index (χ4v) is 4.18. The first kappa shape index (κ1) is 20.6. The fourth-order valence-electron chi connectivity index (χ4n) is 2.49. The number of thiazole rings is 1. The zero-order valence-corrected chi connectivity index (χ0v) is 18.1. The third-order valence-corrected chi connectivity index (χ3v) is 5.92. The van der Waals surface area contributed by atoms with Crippen LogP contribution in [0.15, 0.2) is 34.8 Å². The Hall–Kier alpha value is -2.10. The van der Waals surface area contributed by atoms with Gasteiger partial charge >= 0.3 is 0 Å². The lowest BCUT2D eigenvalue weighted by molar-refractivity contribution is -0.113. The number of aryl methyl sites for hydroxylation is 1. The van der Waals surface area contributed by atoms with Gasteiger partial charge in [0.15, 0.2) is 22.2 Å². The highest BCUT2D eigenvalue weighted by molar-refractivity contribution is 7.99. The second-order valence-electron chi connectivity index (χ2n) is 5.91. The molecule has 3 aromatic rings. The van der Waals surface area contributed by atoms with E-state index in [1.54, 1.807) is 6.07 Å². The molecule has 0 bridgehead atoms. The van der Waals surface area contributed by atoms with Gasteiger partial charge in [0.25, 0.3) is 0 Å². The average Bonchev–Trinajstić information content (AvgIpc) is 3.27. The zero-order valence-electron chi connectivity index (χ0n) is 15.7. The molecule has 28 heavy (non-hydrogen) atoms. The molecule has 1 unspecified atom stereocenters. The van der Waals surface area contributed by atoms with Crippen molar-refractivity contribution in [2.75, 3.05) is 11.1 Å². The van der Waals surface area contributed by atoms with E-state index in [0.29, 0.717) is 33.4 Å². The molecule has 0 spiro atoms. The van der Waals surface area contributed by atoms with Crippen molar-refractivity contribution < 1.29 is 9.53 Å². The molecular formula is C18H20ClN5O2S2. The molecule has 0 aliphatic carbocycles. The van der Waals surface area contributed by atoms with E-state index in [1.165, 1.54) is 23.1 Å². The highest BCUT2D eigenvalue weighted by Gasteiger charge is 2.20. The zero-order chi connectivity index (χ0) is 20.1. The number of anilines is 1. The van der Waals surface area contributed by atoms with Gasteiger partial charge in [-0.1, -0.05) is 35.5 Å². The molecule has 1 N–H and O–H groups in total. The van der Waals surface area contributed by atoms with Crippen LogP contribution in [-0.2, 0) is 11.3 Å². The van der Waals surface area contributed by atoms with Gasteiger partial charge in [0.1, 0.15) is 5.75 Å². The molecule has 0 aliphatic heterocycles. The molecule has 0 aliphatic rings. The van der Waals surface area contributed by atoms with Gasteiger partial charge in [-0.05, 0) is 32.9 Å². The van der Waals surface area contributed by atoms with Crippen molar-refractivity contribution in [3.05, 3.63) is 46.2 Å². The molecular weight excluding hydrogens is 418 g/mol. The molecule has 1 aromatic carbocycles. The number of thioether (sulfide) groups is 1. The molecule has 2 aromatic heterocycles. The first-order chi connectivity index (χ1) is 13.5. The topological polar surface area (TPSA) is 81.9 Å². The van der Waals surface area contributed by atoms with E-state index in [2.05, 4.69) is 20.5 Å². The summed E-state index contributed by atoms with van der Waals surface area (Å²) in [4.78, 5) is 16.4. The van der Waals surface area contributed by atoms with E-state index in [4.69, 9.17) is 16.3 Å². The minimum atomic E-state index is -0.339. The number of carbonyl (C=O) groups excluding carboxylic acids is 1. The SMILES string of the molecule is CCn1c(SCC(=O)Nc2nc(C)cs2)nnc1C(C)Oc1ccccc1Cl. The minimum absolute atomic E-state index is 0.132. The number of halogens is 1. The molecule has 2 heterocycles. The van der Waals surface area contributed by atoms with Crippen LogP contribution >= 0.6 is 34.7 Å². The Morgan fingerprint density at radius 1 is 1.39 bits per heavy atom. The van der Waals surface area contributed by atoms with Gasteiger partial charge in [-0.25, -0.2) is 4.98 Å². The molecule has 0 saturated heterocycles. The Kier molecular flexibility index (Phi) is 6.93. The summed E-state index contributed by atoms with van der Waals surface area (Å²) in [5.74, 6) is 1.36. The Balaban J connectivity index is 1.64. The van der Waals surface area contributed by atoms with Gasteiger partial charge in [0, 0.05) is 11.9 Å². The third-order valence-electron chi connectivity index (χ3n) is 3.76. The van der Waals surface area contributed by atoms with Crippen LogP contribution in [-0.4, -0.2) is 31.4 Å². The molecule has 0 saturated carbocycles. The summed E-state index contributed by atoms with van der Waals surface area (Å²) in [6, 6.07) is 7.30. The summed E-state index contributed by atoms with van der Waals surface area (Å²) in [6.45, 7) is 6.44. The fraction of sp³-hybridized carbons (Fsp3) is 0.333. The van der Waals surface area contributed by atoms with E-state index in [0.717, 1.165) is 5.69 Å². The maximum Gasteiger partial charge on any atom is 0.236 e. The molecule has 148 valence electrons. The number of carbonyl (C=O) groups is 1. The second kappa shape index (κ2) is 9.40. The van der Waals surface area contributed by atoms with Crippen molar-refractivity contribution >= 4 is 45.7 Å². The lowest BCUT2D eigenvalue weighted by Crippen LogP contribution is -2.15. The lowest BCUT2D eigenvalue weighted by atomic mass is 10.3. The third kappa shape index (κ3) is 5.03. The van der Waals surface area contributed by atoms with Gasteiger partial charge < -0.3 is 14.6 Å². The maximum atomic E-state index is 12.2. The minimum Gasteiger partial charge on any atom is -0.481 e. The number of benzene rings is 1. The number of hydrogen-bond donors (Lipinski definition) is 1. The highest BCUT2D eigenvalue weighted by Crippen LogP contribution is 2.29. The van der Waals surface area contributed by atoms with E-state index < -0.39 is 0 Å². The first-order valence-corrected chi connectivity index (χ1v) is 10.9. The Morgan fingerprint density at radius 2 is 2.18 bits per heavy atom. The van der Waals surface area contributed by atoms with Gasteiger partial charge in [-0.2, -0.15) is 0 Å². The first-order valence-electron chi connectivity index (χ1n) is 8.67. The number of aromatic nitrogens is 4. The number of amides is 1. The van der Waals surface area contributed by atoms with Crippen LogP contribution in [0.3, 0.4) is 0 Å². The van der Waals surface area contributed by atoms with Crippen LogP contribution in [0.4, 0.5) is 5.13 Å². The van der Waals surface area contributed by atoms with Crippen LogP contribution in [0.1, 0.15) is 31.5 Å². The number of para-hydroxylation sites is 1. The van der Waals surface area contributed by atoms with Gasteiger partial charge in [0.05, 0.1) is 16.5 Å². The van der Waals surface area contributed by atoms with Crippen molar-refractivity contribution in [3.8, 4) is 5.75 Å². The van der Waals surface area contributed by atoms with E-state index in [1.807, 2.05) is 48.9 Å². The van der Waals surface area contributed by atoms with Crippen molar-refractivity contribution in [1.82, 2.24) is 19.7 Å². The Labute approximate surface area is 176 Å². The summed E-state index contributed by atoms with van der Waals surface area (Å²) in [6.07, 6.45) is -0.339. The Bertz CT molecular complexity index is 959. The molecule has 10 heteroatoms. The van der Waals surface area contributed by atoms with Crippen LogP contribution in [0.2, 0.25) is 5.02 Å². The summed E-state index contributed by atoms with van der Waals surface area (Å²) in [7, 11) is 0. The standard InChI is InChI=1S/C18H20ClN5O2S2/c1-4-24-16(12(3)26-14-8-6-5-7-13(14)19)22-23-18(24)28-10-15(25)21-17-20-11(2)9-27-17/h5-9,12H,4,10H2,1-3H3,(H,20,21,25). The molecule has 0 radical (unpaired) electrons. The summed E-state index contributed by atoms with van der Waals surface area (Å²) in [5, 5.41) is 15.0. The summed E-state index contributed by atoms with van der Waals surface area (Å²) >= 11 is 8.90. The van der Waals surface area contributed by atoms with Gasteiger partial charge in [-0.15, -0.1) is 21.5 Å². The lowest BCUT2D eigenvalue weighted by Gasteiger charge is -2.16. The van der Waals surface area contributed by atoms with E-state index in [9.17, 15) is 4.79 Å². The van der Waals surface area contributed by atoms with Crippen LogP contribution in [0.5, 0.6) is 5.75 Å². The van der Waals surface area contributed by atoms with Crippen molar-refractivity contribution in [3.63, 3.8) is 0 Å². The number of hydrogen-bond acceptors (Lipinski definition) is 7. The largest absolute Gasteiger partial charge is 0.481 e. The smallest absolute Gasteiger partial charge is 0.236 e. The maximum absolute atomic E-state index is 12.2. The molecule has 0 fully saturated rings. The quantitative estimate of drug-likeness (QED) is 0.519. The monoisotopic (exact) mass is 437 g/mol.